The molecule has 1 unspecified atom stereocenters. The van der Waals surface area contributed by atoms with E-state index in [2.05, 4.69) is 0 Å². The van der Waals surface area contributed by atoms with Crippen LogP contribution in [0.2, 0.25) is 0 Å². The van der Waals surface area contributed by atoms with Gasteiger partial charge in [0, 0.05) is 0 Å². The molecule has 0 heterocycles. The van der Waals surface area contributed by atoms with E-state index in [0.717, 1.165) is 5.56 Å². The van der Waals surface area contributed by atoms with Crippen LogP contribution >= 0.6 is 0 Å². The van der Waals surface area contributed by atoms with Crippen molar-refractivity contribution in [1.82, 2.24) is 0 Å². The summed E-state index contributed by atoms with van der Waals surface area (Å²) in [7, 11) is 0. The molecule has 0 aromatic heterocycles. The van der Waals surface area contributed by atoms with Gasteiger partial charge >= 0.3 is 5.97 Å². The second-order valence-electron chi connectivity index (χ2n) is 4.32. The highest BCUT2D eigenvalue weighted by atomic mass is 16.4. The largest absolute Gasteiger partial charge is 0.478 e. The molecule has 0 aliphatic rings. The van der Waals surface area contributed by atoms with Gasteiger partial charge in [0.1, 0.15) is 5.60 Å². The fraction of sp³-hybridized carbons (Fsp3) is 0.133. The lowest BCUT2D eigenvalue weighted by atomic mass is 9.87. The molecule has 0 saturated heterocycles. The maximum Gasteiger partial charge on any atom is 0.335 e. The first-order valence-electron chi connectivity index (χ1n) is 5.63. The Bertz CT molecular complexity index is 559. The van der Waals surface area contributed by atoms with Gasteiger partial charge in [0.25, 0.3) is 0 Å². The van der Waals surface area contributed by atoms with E-state index in [-0.39, 0.29) is 5.56 Å². The van der Waals surface area contributed by atoms with Crippen molar-refractivity contribution < 1.29 is 15.0 Å². The van der Waals surface area contributed by atoms with Gasteiger partial charge in [0.05, 0.1) is 5.56 Å². The average Bonchev–Trinajstić information content (AvgIpc) is 2.40. The number of hydrogen-bond donors (Lipinski definition) is 2. The highest BCUT2D eigenvalue weighted by Crippen LogP contribution is 2.29. The molecule has 2 aromatic carbocycles. The molecule has 0 fully saturated rings. The normalized spacial score (nSPS) is 13.9. The van der Waals surface area contributed by atoms with Gasteiger partial charge in [-0.3, -0.25) is 0 Å². The Morgan fingerprint density at radius 2 is 1.61 bits per heavy atom. The first-order chi connectivity index (χ1) is 8.51. The second kappa shape index (κ2) is 4.63. The minimum atomic E-state index is -1.20. The molecule has 92 valence electrons. The van der Waals surface area contributed by atoms with Gasteiger partial charge in [0.15, 0.2) is 0 Å². The average molecular weight is 242 g/mol. The number of carboxylic acids is 1. The van der Waals surface area contributed by atoms with Crippen LogP contribution in [0, 0.1) is 0 Å². The third kappa shape index (κ3) is 2.26. The van der Waals surface area contributed by atoms with E-state index >= 15 is 0 Å². The van der Waals surface area contributed by atoms with Crippen molar-refractivity contribution in [3.05, 3.63) is 71.3 Å². The molecule has 0 radical (unpaired) electrons. The van der Waals surface area contributed by atoms with Crippen LogP contribution in [0.15, 0.2) is 54.6 Å². The van der Waals surface area contributed by atoms with Crippen LogP contribution in [0.25, 0.3) is 0 Å². The Morgan fingerprint density at radius 3 is 2.22 bits per heavy atom. The van der Waals surface area contributed by atoms with Crippen molar-refractivity contribution in [1.29, 1.82) is 0 Å². The molecule has 3 nitrogen and oxygen atoms in total. The smallest absolute Gasteiger partial charge is 0.335 e. The molecule has 2 rings (SSSR count). The lowest BCUT2D eigenvalue weighted by molar-refractivity contribution is 0.0695. The van der Waals surface area contributed by atoms with E-state index in [1.165, 1.54) is 12.1 Å². The zero-order chi connectivity index (χ0) is 13.2. The van der Waals surface area contributed by atoms with Gasteiger partial charge in [0.2, 0.25) is 0 Å². The van der Waals surface area contributed by atoms with E-state index in [9.17, 15) is 9.90 Å². The third-order valence-electron chi connectivity index (χ3n) is 3.01. The summed E-state index contributed by atoms with van der Waals surface area (Å²) in [5, 5.41) is 19.5. The van der Waals surface area contributed by atoms with E-state index in [1.54, 1.807) is 19.1 Å². The van der Waals surface area contributed by atoms with Gasteiger partial charge in [-0.1, -0.05) is 42.5 Å². The summed E-state index contributed by atoms with van der Waals surface area (Å²) >= 11 is 0. The lowest BCUT2D eigenvalue weighted by Crippen LogP contribution is -2.23. The Kier molecular flexibility index (Phi) is 3.17. The number of carboxylic acid groups (broad SMARTS) is 1. The summed E-state index contributed by atoms with van der Waals surface area (Å²) < 4.78 is 0. The number of aromatic carboxylic acids is 1. The van der Waals surface area contributed by atoms with Gasteiger partial charge in [-0.25, -0.2) is 4.79 Å². The quantitative estimate of drug-likeness (QED) is 0.869. The highest BCUT2D eigenvalue weighted by molar-refractivity contribution is 5.87. The first kappa shape index (κ1) is 12.3. The highest BCUT2D eigenvalue weighted by Gasteiger charge is 2.25. The zero-order valence-electron chi connectivity index (χ0n) is 10.00. The lowest BCUT2D eigenvalue weighted by Gasteiger charge is -2.24. The summed E-state index contributed by atoms with van der Waals surface area (Å²) in [4.78, 5) is 10.9. The Hall–Kier alpha value is -2.13. The van der Waals surface area contributed by atoms with Crippen molar-refractivity contribution in [2.24, 2.45) is 0 Å². The van der Waals surface area contributed by atoms with Gasteiger partial charge in [-0.2, -0.15) is 0 Å². The Morgan fingerprint density at radius 1 is 1.00 bits per heavy atom. The molecule has 0 spiro atoms. The Labute approximate surface area is 105 Å². The zero-order valence-corrected chi connectivity index (χ0v) is 10.00. The molecular weight excluding hydrogens is 228 g/mol. The molecule has 2 N–H and O–H groups in total. The maximum atomic E-state index is 10.9. The van der Waals surface area contributed by atoms with Crippen LogP contribution in [0.3, 0.4) is 0 Å². The van der Waals surface area contributed by atoms with Crippen molar-refractivity contribution in [2.45, 2.75) is 12.5 Å². The summed E-state index contributed by atoms with van der Waals surface area (Å²) in [6, 6.07) is 15.5. The molecule has 0 bridgehead atoms. The van der Waals surface area contributed by atoms with Crippen LogP contribution < -0.4 is 0 Å². The van der Waals surface area contributed by atoms with E-state index in [0.29, 0.717) is 5.56 Å². The number of rotatable bonds is 3. The minimum Gasteiger partial charge on any atom is -0.478 e. The second-order valence-corrected chi connectivity index (χ2v) is 4.32. The van der Waals surface area contributed by atoms with E-state index in [4.69, 9.17) is 5.11 Å². The molecule has 1 atom stereocenters. The van der Waals surface area contributed by atoms with Crippen molar-refractivity contribution >= 4 is 5.97 Å². The number of aliphatic hydroxyl groups is 1. The maximum absolute atomic E-state index is 10.9. The molecule has 2 aromatic rings. The monoisotopic (exact) mass is 242 g/mol. The molecule has 0 aliphatic heterocycles. The number of benzene rings is 2. The summed E-state index contributed by atoms with van der Waals surface area (Å²) in [5.74, 6) is -0.999. The molecule has 3 heteroatoms. The predicted octanol–water partition coefficient (Wildman–Crippen LogP) is 2.64. The topological polar surface area (TPSA) is 57.5 Å². The number of hydrogen-bond acceptors (Lipinski definition) is 2. The third-order valence-corrected chi connectivity index (χ3v) is 3.01. The van der Waals surface area contributed by atoms with Crippen LogP contribution in [0.4, 0.5) is 0 Å². The van der Waals surface area contributed by atoms with Crippen molar-refractivity contribution in [3.63, 3.8) is 0 Å². The standard InChI is InChI=1S/C15H14O3/c1-15(18,12-7-3-2-4-8-12)13-9-5-6-11(10-13)14(16)17/h2-10,18H,1H3,(H,16,17). The van der Waals surface area contributed by atoms with E-state index in [1.807, 2.05) is 30.3 Å². The fourth-order valence-corrected chi connectivity index (χ4v) is 1.88. The first-order valence-corrected chi connectivity index (χ1v) is 5.63. The van der Waals surface area contributed by atoms with Gasteiger partial charge in [-0.15, -0.1) is 0 Å². The number of carbonyl (C=O) groups is 1. The van der Waals surface area contributed by atoms with Crippen molar-refractivity contribution in [2.75, 3.05) is 0 Å². The van der Waals surface area contributed by atoms with Crippen LogP contribution in [-0.2, 0) is 5.60 Å². The fourth-order valence-electron chi connectivity index (χ4n) is 1.88. The molecule has 0 aliphatic carbocycles. The van der Waals surface area contributed by atoms with Crippen LogP contribution in [0.1, 0.15) is 28.4 Å². The SMILES string of the molecule is CC(O)(c1ccccc1)c1cccc(C(=O)O)c1. The van der Waals surface area contributed by atoms with Crippen LogP contribution in [-0.4, -0.2) is 16.2 Å². The van der Waals surface area contributed by atoms with Gasteiger partial charge < -0.3 is 10.2 Å². The van der Waals surface area contributed by atoms with Crippen LogP contribution in [0.5, 0.6) is 0 Å². The van der Waals surface area contributed by atoms with Gasteiger partial charge in [-0.05, 0) is 30.2 Å². The van der Waals surface area contributed by atoms with Crippen molar-refractivity contribution in [3.8, 4) is 0 Å². The summed E-state index contributed by atoms with van der Waals surface area (Å²) in [6.45, 7) is 1.66. The predicted molar refractivity (Wildman–Crippen MR) is 68.5 cm³/mol. The molecule has 0 amide bonds. The Balaban J connectivity index is 2.47. The van der Waals surface area contributed by atoms with E-state index < -0.39 is 11.6 Å². The minimum absolute atomic E-state index is 0.170. The molecule has 0 saturated carbocycles. The summed E-state index contributed by atoms with van der Waals surface area (Å²) in [6.07, 6.45) is 0. The molecular formula is C15H14O3. The summed E-state index contributed by atoms with van der Waals surface area (Å²) in [5.41, 5.74) is 0.261. The molecule has 18 heavy (non-hydrogen) atoms.